The Morgan fingerprint density at radius 1 is 1.28 bits per heavy atom. The quantitative estimate of drug-likeness (QED) is 0.697. The third-order valence-corrected chi connectivity index (χ3v) is 3.82. The predicted molar refractivity (Wildman–Crippen MR) is 75.3 cm³/mol. The van der Waals surface area contributed by atoms with Gasteiger partial charge in [-0.1, -0.05) is 32.4 Å². The van der Waals surface area contributed by atoms with Crippen molar-refractivity contribution in [2.75, 3.05) is 6.61 Å². The summed E-state index contributed by atoms with van der Waals surface area (Å²) in [6, 6.07) is 6.18. The van der Waals surface area contributed by atoms with Crippen LogP contribution in [-0.2, 0) is 23.3 Å². The zero-order chi connectivity index (χ0) is 12.9. The lowest BCUT2D eigenvalue weighted by molar-refractivity contribution is 0.0850. The lowest BCUT2D eigenvalue weighted by atomic mass is 9.85. The van der Waals surface area contributed by atoms with E-state index in [1.165, 1.54) is 22.2 Å². The Bertz CT molecular complexity index is 607. The van der Waals surface area contributed by atoms with E-state index in [0.29, 0.717) is 6.61 Å². The summed E-state index contributed by atoms with van der Waals surface area (Å²) in [7, 11) is 0. The lowest BCUT2D eigenvalue weighted by Crippen LogP contribution is -2.20. The van der Waals surface area contributed by atoms with Crippen LogP contribution in [0.3, 0.4) is 0 Å². The van der Waals surface area contributed by atoms with E-state index in [0.717, 1.165) is 18.2 Å². The summed E-state index contributed by atoms with van der Waals surface area (Å²) >= 11 is 6.16. The van der Waals surface area contributed by atoms with Gasteiger partial charge < -0.3 is 9.30 Å². The van der Waals surface area contributed by atoms with Crippen molar-refractivity contribution in [3.8, 4) is 0 Å². The zero-order valence-electron chi connectivity index (χ0n) is 11.1. The van der Waals surface area contributed by atoms with Crippen LogP contribution in [0, 0.1) is 0 Å². The van der Waals surface area contributed by atoms with Crippen molar-refractivity contribution in [3.05, 3.63) is 34.5 Å². The van der Waals surface area contributed by atoms with Gasteiger partial charge in [-0.05, 0) is 29.2 Å². The first-order valence-electron chi connectivity index (χ1n) is 6.37. The molecular formula is C15H18ClNO. The third kappa shape index (κ3) is 1.75. The fourth-order valence-electron chi connectivity index (χ4n) is 2.95. The molecule has 0 bridgehead atoms. The highest BCUT2D eigenvalue weighted by Gasteiger charge is 2.27. The van der Waals surface area contributed by atoms with E-state index in [9.17, 15) is 0 Å². The molecule has 0 spiro atoms. The Morgan fingerprint density at radius 2 is 2.06 bits per heavy atom. The number of hydrogen-bond acceptors (Lipinski definition) is 1. The second-order valence-corrected chi connectivity index (χ2v) is 6.37. The molecule has 0 amide bonds. The molecule has 0 saturated carbocycles. The van der Waals surface area contributed by atoms with Gasteiger partial charge in [-0.3, -0.25) is 0 Å². The molecule has 0 atom stereocenters. The summed E-state index contributed by atoms with van der Waals surface area (Å²) in [6.45, 7) is 9.18. The fraction of sp³-hybridized carbons (Fsp3) is 0.467. The number of hydrogen-bond donors (Lipinski definition) is 0. The van der Waals surface area contributed by atoms with E-state index in [2.05, 4.69) is 37.5 Å². The van der Waals surface area contributed by atoms with Crippen LogP contribution in [-0.4, -0.2) is 11.2 Å². The van der Waals surface area contributed by atoms with Crippen LogP contribution in [0.25, 0.3) is 10.9 Å². The molecule has 0 N–H and O–H groups in total. The van der Waals surface area contributed by atoms with Gasteiger partial charge in [-0.25, -0.2) is 0 Å². The number of fused-ring (bicyclic) bond motifs is 3. The number of halogens is 1. The molecule has 2 nitrogen and oxygen atoms in total. The Kier molecular flexibility index (Phi) is 2.68. The largest absolute Gasteiger partial charge is 0.373 e. The molecule has 0 saturated heterocycles. The highest BCUT2D eigenvalue weighted by Crippen LogP contribution is 2.38. The SMILES string of the molecule is CC(C)(C)c1c2n(c3ccc(Cl)cc13)CCOC2. The summed E-state index contributed by atoms with van der Waals surface area (Å²) in [4.78, 5) is 0. The summed E-state index contributed by atoms with van der Waals surface area (Å²) in [5, 5.41) is 2.08. The van der Waals surface area contributed by atoms with Crippen LogP contribution in [0.4, 0.5) is 0 Å². The molecule has 96 valence electrons. The van der Waals surface area contributed by atoms with Gasteiger partial charge >= 0.3 is 0 Å². The zero-order valence-corrected chi connectivity index (χ0v) is 11.8. The lowest BCUT2D eigenvalue weighted by Gasteiger charge is -2.24. The summed E-state index contributed by atoms with van der Waals surface area (Å²) < 4.78 is 8.02. The molecule has 0 radical (unpaired) electrons. The van der Waals surface area contributed by atoms with Gasteiger partial charge in [0.1, 0.15) is 0 Å². The topological polar surface area (TPSA) is 14.2 Å². The molecule has 0 unspecified atom stereocenters. The first kappa shape index (κ1) is 12.1. The Hall–Kier alpha value is -0.990. The van der Waals surface area contributed by atoms with Crippen LogP contribution in [0.5, 0.6) is 0 Å². The smallest absolute Gasteiger partial charge is 0.0872 e. The molecule has 18 heavy (non-hydrogen) atoms. The molecular weight excluding hydrogens is 246 g/mol. The normalized spacial score (nSPS) is 16.0. The maximum Gasteiger partial charge on any atom is 0.0872 e. The summed E-state index contributed by atoms with van der Waals surface area (Å²) in [6.07, 6.45) is 0. The van der Waals surface area contributed by atoms with E-state index in [1.807, 2.05) is 6.07 Å². The third-order valence-electron chi connectivity index (χ3n) is 3.58. The fourth-order valence-corrected chi connectivity index (χ4v) is 3.12. The van der Waals surface area contributed by atoms with Gasteiger partial charge in [-0.2, -0.15) is 0 Å². The van der Waals surface area contributed by atoms with Crippen molar-refractivity contribution in [1.29, 1.82) is 0 Å². The van der Waals surface area contributed by atoms with Crippen LogP contribution >= 0.6 is 11.6 Å². The molecule has 2 heterocycles. The average molecular weight is 264 g/mol. The highest BCUT2D eigenvalue weighted by atomic mass is 35.5. The molecule has 1 aliphatic heterocycles. The van der Waals surface area contributed by atoms with Crippen molar-refractivity contribution in [3.63, 3.8) is 0 Å². The minimum absolute atomic E-state index is 0.101. The number of ether oxygens (including phenoxy) is 1. The maximum atomic E-state index is 6.16. The van der Waals surface area contributed by atoms with Gasteiger partial charge in [0.2, 0.25) is 0 Å². The average Bonchev–Trinajstić information content (AvgIpc) is 2.61. The van der Waals surface area contributed by atoms with E-state index in [1.54, 1.807) is 0 Å². The van der Waals surface area contributed by atoms with E-state index < -0.39 is 0 Å². The van der Waals surface area contributed by atoms with Crippen LogP contribution in [0.15, 0.2) is 18.2 Å². The second-order valence-electron chi connectivity index (χ2n) is 5.94. The van der Waals surface area contributed by atoms with Crippen LogP contribution in [0.2, 0.25) is 5.02 Å². The molecule has 2 aromatic rings. The first-order valence-corrected chi connectivity index (χ1v) is 6.75. The van der Waals surface area contributed by atoms with Gasteiger partial charge in [0.05, 0.1) is 13.2 Å². The van der Waals surface area contributed by atoms with Crippen molar-refractivity contribution >= 4 is 22.5 Å². The van der Waals surface area contributed by atoms with Gasteiger partial charge in [0, 0.05) is 28.2 Å². The van der Waals surface area contributed by atoms with Crippen LogP contribution < -0.4 is 0 Å². The van der Waals surface area contributed by atoms with Gasteiger partial charge in [0.25, 0.3) is 0 Å². The maximum absolute atomic E-state index is 6.16. The molecule has 0 aliphatic carbocycles. The number of aromatic nitrogens is 1. The Morgan fingerprint density at radius 3 is 2.78 bits per heavy atom. The molecule has 3 rings (SSSR count). The minimum Gasteiger partial charge on any atom is -0.373 e. The molecule has 1 aromatic heterocycles. The van der Waals surface area contributed by atoms with Gasteiger partial charge in [0.15, 0.2) is 0 Å². The first-order chi connectivity index (χ1) is 8.48. The Labute approximate surface area is 112 Å². The summed E-state index contributed by atoms with van der Waals surface area (Å²) in [5.74, 6) is 0. The minimum atomic E-state index is 0.101. The molecule has 0 fully saturated rings. The molecule has 1 aromatic carbocycles. The van der Waals surface area contributed by atoms with Crippen molar-refractivity contribution in [1.82, 2.24) is 4.57 Å². The Balaban J connectivity index is 2.41. The monoisotopic (exact) mass is 263 g/mol. The second kappa shape index (κ2) is 4.01. The molecule has 3 heteroatoms. The standard InChI is InChI=1S/C15H18ClNO/c1-15(2,3)14-11-8-10(16)4-5-12(11)17-6-7-18-9-13(14)17/h4-5,8H,6-7,9H2,1-3H3. The number of nitrogens with zero attached hydrogens (tertiary/aromatic N) is 1. The van der Waals surface area contributed by atoms with Gasteiger partial charge in [-0.15, -0.1) is 0 Å². The number of benzene rings is 1. The van der Waals surface area contributed by atoms with Crippen LogP contribution in [0.1, 0.15) is 32.0 Å². The molecule has 1 aliphatic rings. The van der Waals surface area contributed by atoms with E-state index >= 15 is 0 Å². The van der Waals surface area contributed by atoms with E-state index in [4.69, 9.17) is 16.3 Å². The van der Waals surface area contributed by atoms with Crippen molar-refractivity contribution in [2.45, 2.75) is 39.3 Å². The summed E-state index contributed by atoms with van der Waals surface area (Å²) in [5.41, 5.74) is 4.07. The van der Waals surface area contributed by atoms with Crippen molar-refractivity contribution in [2.24, 2.45) is 0 Å². The highest BCUT2D eigenvalue weighted by molar-refractivity contribution is 6.31. The van der Waals surface area contributed by atoms with E-state index in [-0.39, 0.29) is 5.41 Å². The predicted octanol–water partition coefficient (Wildman–Crippen LogP) is 4.12. The number of rotatable bonds is 0. The van der Waals surface area contributed by atoms with Crippen molar-refractivity contribution < 1.29 is 4.74 Å².